The molecular weight excluding hydrogens is 316 g/mol. The molecule has 0 saturated heterocycles. The molecule has 3 heterocycles. The monoisotopic (exact) mass is 324 g/mol. The molecule has 3 aromatic heterocycles. The number of nitrogens with zero attached hydrogens (tertiary/aromatic N) is 1. The van der Waals surface area contributed by atoms with Gasteiger partial charge < -0.3 is 14.5 Å². The fraction of sp³-hybridized carbons (Fsp3) is 0.154. The Morgan fingerprint density at radius 1 is 1.57 bits per heavy atom. The van der Waals surface area contributed by atoms with Gasteiger partial charge in [-0.05, 0) is 35.7 Å². The molecule has 0 aliphatic rings. The van der Waals surface area contributed by atoms with Crippen molar-refractivity contribution in [1.82, 2.24) is 9.97 Å². The van der Waals surface area contributed by atoms with Gasteiger partial charge in [0.2, 0.25) is 0 Å². The van der Waals surface area contributed by atoms with Crippen molar-refractivity contribution in [2.24, 2.45) is 0 Å². The minimum Gasteiger partial charge on any atom is -0.477 e. The number of aryl methyl sites for hydroxylation is 1. The number of fused-ring (bicyclic) bond motifs is 1. The molecule has 0 saturated carbocycles. The van der Waals surface area contributed by atoms with E-state index in [2.05, 4.69) is 9.97 Å². The van der Waals surface area contributed by atoms with Gasteiger partial charge in [0.25, 0.3) is 5.56 Å². The van der Waals surface area contributed by atoms with Gasteiger partial charge >= 0.3 is 5.97 Å². The molecule has 3 rings (SSSR count). The largest absolute Gasteiger partial charge is 0.477 e. The lowest BCUT2D eigenvalue weighted by atomic mass is 10.2. The summed E-state index contributed by atoms with van der Waals surface area (Å²) in [7, 11) is 0. The molecule has 0 unspecified atom stereocenters. The molecule has 8 heteroatoms. The van der Waals surface area contributed by atoms with Gasteiger partial charge in [-0.25, -0.2) is 9.78 Å². The number of halogens is 1. The van der Waals surface area contributed by atoms with Crippen molar-refractivity contribution in [3.63, 3.8) is 0 Å². The van der Waals surface area contributed by atoms with E-state index in [0.717, 1.165) is 16.9 Å². The zero-order chi connectivity index (χ0) is 15.1. The van der Waals surface area contributed by atoms with Crippen molar-refractivity contribution in [1.29, 1.82) is 0 Å². The Morgan fingerprint density at radius 2 is 2.33 bits per heavy atom. The third-order valence-corrected chi connectivity index (χ3v) is 4.41. The molecule has 2 N–H and O–H groups in total. The van der Waals surface area contributed by atoms with Gasteiger partial charge in [0, 0.05) is 6.42 Å². The number of rotatable bonds is 3. The Hall–Kier alpha value is -2.12. The number of hydrogen-bond donors (Lipinski definition) is 2. The van der Waals surface area contributed by atoms with Crippen molar-refractivity contribution < 1.29 is 14.3 Å². The SMILES string of the molecule is Cc1c(C(=O)O)sc2nc(Cc3coc(Cl)c3)[nH]c(=O)c12. The Bertz CT molecular complexity index is 909. The molecule has 0 aromatic carbocycles. The summed E-state index contributed by atoms with van der Waals surface area (Å²) in [6.07, 6.45) is 1.83. The first-order valence-electron chi connectivity index (χ1n) is 5.94. The van der Waals surface area contributed by atoms with Gasteiger partial charge in [0.05, 0.1) is 11.6 Å². The van der Waals surface area contributed by atoms with Crippen LogP contribution in [-0.4, -0.2) is 21.0 Å². The Morgan fingerprint density at radius 3 is 2.95 bits per heavy atom. The molecule has 0 aliphatic carbocycles. The molecule has 3 aromatic rings. The summed E-state index contributed by atoms with van der Waals surface area (Å²) in [5.74, 6) is -0.624. The van der Waals surface area contributed by atoms with Crippen molar-refractivity contribution in [2.75, 3.05) is 0 Å². The second-order valence-corrected chi connectivity index (χ2v) is 5.86. The van der Waals surface area contributed by atoms with Crippen molar-refractivity contribution >= 4 is 39.1 Å². The molecule has 0 fully saturated rings. The summed E-state index contributed by atoms with van der Waals surface area (Å²) in [4.78, 5) is 30.8. The molecular formula is C13H9ClN2O4S. The molecule has 0 aliphatic heterocycles. The number of thiophene rings is 1. The van der Waals surface area contributed by atoms with Crippen molar-refractivity contribution in [2.45, 2.75) is 13.3 Å². The van der Waals surface area contributed by atoms with Crippen LogP contribution in [0.4, 0.5) is 0 Å². The molecule has 0 amide bonds. The molecule has 108 valence electrons. The average Bonchev–Trinajstić information content (AvgIpc) is 2.94. The summed E-state index contributed by atoms with van der Waals surface area (Å²) < 4.78 is 4.98. The first-order chi connectivity index (χ1) is 9.95. The number of aromatic amines is 1. The quantitative estimate of drug-likeness (QED) is 0.772. The highest BCUT2D eigenvalue weighted by Crippen LogP contribution is 2.27. The number of aromatic nitrogens is 2. The van der Waals surface area contributed by atoms with E-state index in [0.29, 0.717) is 28.0 Å². The minimum atomic E-state index is -1.06. The highest BCUT2D eigenvalue weighted by molar-refractivity contribution is 7.20. The van der Waals surface area contributed by atoms with Crippen LogP contribution in [0.1, 0.15) is 26.6 Å². The maximum atomic E-state index is 12.1. The van der Waals surface area contributed by atoms with Gasteiger partial charge in [0.1, 0.15) is 15.5 Å². The topological polar surface area (TPSA) is 96.2 Å². The van der Waals surface area contributed by atoms with Gasteiger partial charge in [-0.3, -0.25) is 4.79 Å². The fourth-order valence-corrected chi connectivity index (χ4v) is 3.33. The van der Waals surface area contributed by atoms with Crippen LogP contribution >= 0.6 is 22.9 Å². The van der Waals surface area contributed by atoms with Crippen LogP contribution in [0.15, 0.2) is 21.5 Å². The number of nitrogens with one attached hydrogen (secondary N) is 1. The number of H-pyrrole nitrogens is 1. The normalized spacial score (nSPS) is 11.1. The number of carboxylic acid groups (broad SMARTS) is 1. The standard InChI is InChI=1S/C13H9ClN2O4S/c1-5-9-11(17)15-8(3-6-2-7(14)20-4-6)16-12(9)21-10(5)13(18)19/h2,4H,3H2,1H3,(H,18,19)(H,15,16,17). The molecule has 0 radical (unpaired) electrons. The first-order valence-corrected chi connectivity index (χ1v) is 7.13. The van der Waals surface area contributed by atoms with E-state index >= 15 is 0 Å². The fourth-order valence-electron chi connectivity index (χ4n) is 2.11. The predicted molar refractivity (Wildman–Crippen MR) is 78.5 cm³/mol. The van der Waals surface area contributed by atoms with Crippen molar-refractivity contribution in [3.05, 3.63) is 49.7 Å². The van der Waals surface area contributed by atoms with Crippen molar-refractivity contribution in [3.8, 4) is 0 Å². The van der Waals surface area contributed by atoms with E-state index in [4.69, 9.17) is 21.1 Å². The number of aromatic carboxylic acids is 1. The van der Waals surface area contributed by atoms with Gasteiger partial charge in [-0.1, -0.05) is 0 Å². The van der Waals surface area contributed by atoms with Gasteiger partial charge in [-0.2, -0.15) is 0 Å². The Labute approximate surface area is 127 Å². The summed E-state index contributed by atoms with van der Waals surface area (Å²) in [6, 6.07) is 1.63. The summed E-state index contributed by atoms with van der Waals surface area (Å²) in [6.45, 7) is 1.61. The maximum Gasteiger partial charge on any atom is 0.346 e. The van der Waals surface area contributed by atoms with E-state index in [-0.39, 0.29) is 15.7 Å². The van der Waals surface area contributed by atoms with Crippen LogP contribution in [0.5, 0.6) is 0 Å². The third kappa shape index (κ3) is 2.45. The minimum absolute atomic E-state index is 0.131. The van der Waals surface area contributed by atoms with E-state index in [9.17, 15) is 9.59 Å². The average molecular weight is 325 g/mol. The summed E-state index contributed by atoms with van der Waals surface area (Å²) in [5.41, 5.74) is 0.870. The molecule has 0 spiro atoms. The van der Waals surface area contributed by atoms with E-state index < -0.39 is 5.97 Å². The zero-order valence-electron chi connectivity index (χ0n) is 10.8. The number of carboxylic acids is 1. The van der Waals surface area contributed by atoms with Gasteiger partial charge in [-0.15, -0.1) is 11.3 Å². The maximum absolute atomic E-state index is 12.1. The summed E-state index contributed by atoms with van der Waals surface area (Å²) >= 11 is 6.69. The second-order valence-electron chi connectivity index (χ2n) is 4.49. The Kier molecular flexibility index (Phi) is 3.30. The van der Waals surface area contributed by atoms with Crippen LogP contribution in [0, 0.1) is 6.92 Å². The van der Waals surface area contributed by atoms with Crippen LogP contribution < -0.4 is 5.56 Å². The van der Waals surface area contributed by atoms with E-state index in [1.807, 2.05) is 0 Å². The van der Waals surface area contributed by atoms with Crippen LogP contribution in [0.25, 0.3) is 10.2 Å². The summed E-state index contributed by atoms with van der Waals surface area (Å²) in [5, 5.41) is 9.69. The highest BCUT2D eigenvalue weighted by Gasteiger charge is 2.18. The lowest BCUT2D eigenvalue weighted by Crippen LogP contribution is -2.11. The highest BCUT2D eigenvalue weighted by atomic mass is 35.5. The molecule has 21 heavy (non-hydrogen) atoms. The molecule has 6 nitrogen and oxygen atoms in total. The lowest BCUT2D eigenvalue weighted by Gasteiger charge is -1.98. The number of furan rings is 1. The van der Waals surface area contributed by atoms with E-state index in [1.165, 1.54) is 6.26 Å². The van der Waals surface area contributed by atoms with Crippen LogP contribution in [0.3, 0.4) is 0 Å². The van der Waals surface area contributed by atoms with Crippen LogP contribution in [0.2, 0.25) is 5.22 Å². The number of hydrogen-bond acceptors (Lipinski definition) is 5. The molecule has 0 bridgehead atoms. The van der Waals surface area contributed by atoms with Crippen LogP contribution in [-0.2, 0) is 6.42 Å². The van der Waals surface area contributed by atoms with E-state index in [1.54, 1.807) is 13.0 Å². The first kappa shape index (κ1) is 13.8. The lowest BCUT2D eigenvalue weighted by molar-refractivity contribution is 0.0701. The predicted octanol–water partition coefficient (Wildman–Crippen LogP) is 2.83. The second kappa shape index (κ2) is 5.01. The number of carbonyl (C=O) groups is 1. The third-order valence-electron chi connectivity index (χ3n) is 3.04. The molecule has 0 atom stereocenters. The smallest absolute Gasteiger partial charge is 0.346 e. The zero-order valence-corrected chi connectivity index (χ0v) is 12.3. The van der Waals surface area contributed by atoms with Gasteiger partial charge in [0.15, 0.2) is 5.22 Å². The Balaban J connectivity index is 2.10.